The number of hydrogen-bond acceptors (Lipinski definition) is 4. The van der Waals surface area contributed by atoms with Crippen molar-refractivity contribution in [3.8, 4) is 0 Å². The number of hydrogen-bond donors (Lipinski definition) is 2. The number of sulfonamides is 1. The van der Waals surface area contributed by atoms with Gasteiger partial charge in [0, 0.05) is 5.54 Å². The van der Waals surface area contributed by atoms with Gasteiger partial charge < -0.3 is 5.32 Å². The fourth-order valence-electron chi connectivity index (χ4n) is 5.28. The molecule has 22 heavy (non-hydrogen) atoms. The first-order chi connectivity index (χ1) is 10.4. The summed E-state index contributed by atoms with van der Waals surface area (Å²) >= 11 is 0. The van der Waals surface area contributed by atoms with Crippen LogP contribution in [0.25, 0.3) is 0 Å². The largest absolute Gasteiger partial charge is 0.365 e. The highest BCUT2D eigenvalue weighted by Gasteiger charge is 2.50. The predicted octanol–water partition coefficient (Wildman–Crippen LogP) is 2.83. The Morgan fingerprint density at radius 2 is 1.68 bits per heavy atom. The standard InChI is InChI=1S/C16H23N3O2S/c1-22(20,21)19-14-2-3-15(17-10-14)18-16-7-11-4-12(8-16)6-13(5-11)9-16/h2-3,10-13,19H,4-9H2,1H3,(H,17,18). The fourth-order valence-corrected chi connectivity index (χ4v) is 5.83. The van der Waals surface area contributed by atoms with E-state index in [1.165, 1.54) is 38.5 Å². The highest BCUT2D eigenvalue weighted by atomic mass is 32.2. The molecule has 0 spiro atoms. The van der Waals surface area contributed by atoms with Gasteiger partial charge in [-0.05, 0) is 68.4 Å². The minimum Gasteiger partial charge on any atom is -0.365 e. The molecule has 5 nitrogen and oxygen atoms in total. The van der Waals surface area contributed by atoms with Crippen LogP contribution < -0.4 is 10.0 Å². The van der Waals surface area contributed by atoms with Crippen LogP contribution in [0, 0.1) is 17.8 Å². The topological polar surface area (TPSA) is 71.1 Å². The van der Waals surface area contributed by atoms with Gasteiger partial charge in [0.1, 0.15) is 5.82 Å². The third-order valence-electron chi connectivity index (χ3n) is 5.50. The molecule has 5 rings (SSSR count). The summed E-state index contributed by atoms with van der Waals surface area (Å²) in [5.41, 5.74) is 0.742. The molecule has 4 fully saturated rings. The van der Waals surface area contributed by atoms with E-state index < -0.39 is 10.0 Å². The lowest BCUT2D eigenvalue weighted by Crippen LogP contribution is -2.54. The molecular weight excluding hydrogens is 298 g/mol. The maximum Gasteiger partial charge on any atom is 0.229 e. The minimum absolute atomic E-state index is 0.230. The van der Waals surface area contributed by atoms with Gasteiger partial charge in [0.2, 0.25) is 10.0 Å². The normalized spacial score (nSPS) is 36.3. The molecule has 0 unspecified atom stereocenters. The van der Waals surface area contributed by atoms with Crippen LogP contribution in [0.5, 0.6) is 0 Å². The van der Waals surface area contributed by atoms with Crippen LogP contribution in [0.4, 0.5) is 11.5 Å². The molecule has 0 atom stereocenters. The van der Waals surface area contributed by atoms with E-state index in [4.69, 9.17) is 0 Å². The molecule has 6 heteroatoms. The molecule has 4 saturated carbocycles. The summed E-state index contributed by atoms with van der Waals surface area (Å²) in [6, 6.07) is 3.66. The zero-order valence-corrected chi connectivity index (χ0v) is 13.7. The SMILES string of the molecule is CS(=O)(=O)Nc1ccc(NC23CC4CC(CC(C4)C2)C3)nc1. The molecule has 0 aliphatic heterocycles. The first kappa shape index (κ1) is 14.3. The highest BCUT2D eigenvalue weighted by Crippen LogP contribution is 2.56. The average Bonchev–Trinajstić information content (AvgIpc) is 2.37. The Balaban J connectivity index is 1.49. The van der Waals surface area contributed by atoms with Crippen LogP contribution in [0.3, 0.4) is 0 Å². The Hall–Kier alpha value is -1.30. The molecular formula is C16H23N3O2S. The quantitative estimate of drug-likeness (QED) is 0.894. The van der Waals surface area contributed by atoms with Crippen molar-refractivity contribution in [1.82, 2.24) is 4.98 Å². The molecule has 4 bridgehead atoms. The molecule has 0 aromatic carbocycles. The van der Waals surface area contributed by atoms with Crippen molar-refractivity contribution in [3.05, 3.63) is 18.3 Å². The van der Waals surface area contributed by atoms with Crippen molar-refractivity contribution in [1.29, 1.82) is 0 Å². The zero-order chi connectivity index (χ0) is 15.4. The van der Waals surface area contributed by atoms with Crippen molar-refractivity contribution in [2.24, 2.45) is 17.8 Å². The molecule has 0 radical (unpaired) electrons. The summed E-state index contributed by atoms with van der Waals surface area (Å²) in [5.74, 6) is 3.54. The van der Waals surface area contributed by atoms with E-state index in [1.807, 2.05) is 6.07 Å². The van der Waals surface area contributed by atoms with Gasteiger partial charge in [0.05, 0.1) is 18.1 Å². The summed E-state index contributed by atoms with van der Waals surface area (Å²) in [5, 5.41) is 3.69. The Labute approximate surface area is 132 Å². The van der Waals surface area contributed by atoms with E-state index in [1.54, 1.807) is 12.3 Å². The lowest BCUT2D eigenvalue weighted by atomic mass is 9.53. The second-order valence-electron chi connectivity index (χ2n) is 7.63. The van der Waals surface area contributed by atoms with Crippen molar-refractivity contribution < 1.29 is 8.42 Å². The maximum atomic E-state index is 11.2. The van der Waals surface area contributed by atoms with E-state index in [2.05, 4.69) is 15.0 Å². The second kappa shape index (κ2) is 4.85. The Kier molecular flexibility index (Phi) is 3.15. The number of nitrogens with zero attached hydrogens (tertiary/aromatic N) is 1. The molecule has 0 amide bonds. The predicted molar refractivity (Wildman–Crippen MR) is 87.2 cm³/mol. The fraction of sp³-hybridized carbons (Fsp3) is 0.688. The van der Waals surface area contributed by atoms with Gasteiger partial charge in [-0.2, -0.15) is 0 Å². The average molecular weight is 321 g/mol. The van der Waals surface area contributed by atoms with Crippen molar-refractivity contribution in [3.63, 3.8) is 0 Å². The van der Waals surface area contributed by atoms with Crippen LogP contribution in [-0.2, 0) is 10.0 Å². The Bertz CT molecular complexity index is 634. The molecule has 1 aromatic rings. The van der Waals surface area contributed by atoms with E-state index in [9.17, 15) is 8.42 Å². The van der Waals surface area contributed by atoms with Gasteiger partial charge in [-0.3, -0.25) is 4.72 Å². The van der Waals surface area contributed by atoms with E-state index in [-0.39, 0.29) is 5.54 Å². The molecule has 0 saturated heterocycles. The summed E-state index contributed by atoms with van der Waals surface area (Å²) < 4.78 is 24.9. The number of nitrogens with one attached hydrogen (secondary N) is 2. The summed E-state index contributed by atoms with van der Waals surface area (Å²) in [4.78, 5) is 4.40. The Morgan fingerprint density at radius 3 is 2.14 bits per heavy atom. The second-order valence-corrected chi connectivity index (χ2v) is 9.38. The Morgan fingerprint density at radius 1 is 1.09 bits per heavy atom. The number of anilines is 2. The number of rotatable bonds is 4. The third kappa shape index (κ3) is 2.81. The summed E-state index contributed by atoms with van der Waals surface area (Å²) in [6.07, 6.45) is 10.8. The lowest BCUT2D eigenvalue weighted by molar-refractivity contribution is 0.0105. The van der Waals surface area contributed by atoms with E-state index >= 15 is 0 Å². The monoisotopic (exact) mass is 321 g/mol. The van der Waals surface area contributed by atoms with Gasteiger partial charge >= 0.3 is 0 Å². The molecule has 1 heterocycles. The van der Waals surface area contributed by atoms with Gasteiger partial charge in [-0.1, -0.05) is 0 Å². The lowest BCUT2D eigenvalue weighted by Gasteiger charge is -2.57. The van der Waals surface area contributed by atoms with Crippen molar-refractivity contribution in [2.75, 3.05) is 16.3 Å². The molecule has 1 aromatic heterocycles. The van der Waals surface area contributed by atoms with Crippen LogP contribution in [0.2, 0.25) is 0 Å². The molecule has 2 N–H and O–H groups in total. The highest BCUT2D eigenvalue weighted by molar-refractivity contribution is 7.92. The van der Waals surface area contributed by atoms with Crippen molar-refractivity contribution in [2.45, 2.75) is 44.1 Å². The minimum atomic E-state index is -3.24. The van der Waals surface area contributed by atoms with Crippen LogP contribution in [0.1, 0.15) is 38.5 Å². The molecule has 120 valence electrons. The van der Waals surface area contributed by atoms with Crippen molar-refractivity contribution >= 4 is 21.5 Å². The first-order valence-corrected chi connectivity index (χ1v) is 10.0. The first-order valence-electron chi connectivity index (χ1n) is 8.11. The number of pyridine rings is 1. The van der Waals surface area contributed by atoms with Crippen LogP contribution >= 0.6 is 0 Å². The molecule has 4 aliphatic rings. The smallest absolute Gasteiger partial charge is 0.229 e. The van der Waals surface area contributed by atoms with E-state index in [0.29, 0.717) is 5.69 Å². The van der Waals surface area contributed by atoms with Gasteiger partial charge in [0.15, 0.2) is 0 Å². The summed E-state index contributed by atoms with van der Waals surface area (Å²) in [7, 11) is -3.24. The van der Waals surface area contributed by atoms with E-state index in [0.717, 1.165) is 29.8 Å². The number of aromatic nitrogens is 1. The van der Waals surface area contributed by atoms with Gasteiger partial charge in [-0.15, -0.1) is 0 Å². The van der Waals surface area contributed by atoms with Gasteiger partial charge in [-0.25, -0.2) is 13.4 Å². The van der Waals surface area contributed by atoms with Gasteiger partial charge in [0.25, 0.3) is 0 Å². The van der Waals surface area contributed by atoms with Crippen LogP contribution in [-0.4, -0.2) is 25.2 Å². The molecule has 4 aliphatic carbocycles. The van der Waals surface area contributed by atoms with Crippen LogP contribution in [0.15, 0.2) is 18.3 Å². The zero-order valence-electron chi connectivity index (χ0n) is 12.9. The maximum absolute atomic E-state index is 11.2. The third-order valence-corrected chi connectivity index (χ3v) is 6.10. The summed E-state index contributed by atoms with van der Waals surface area (Å²) in [6.45, 7) is 0.